The van der Waals surface area contributed by atoms with Crippen LogP contribution in [0.3, 0.4) is 0 Å². The number of para-hydroxylation sites is 1. The van der Waals surface area contributed by atoms with Crippen molar-refractivity contribution in [3.8, 4) is 0 Å². The molecule has 1 aromatic heterocycles. The molecule has 24 heavy (non-hydrogen) atoms. The molecular formula is C18H12F3NO2. The van der Waals surface area contributed by atoms with E-state index in [0.717, 1.165) is 17.6 Å². The summed E-state index contributed by atoms with van der Waals surface area (Å²) in [4.78, 5) is 22.5. The summed E-state index contributed by atoms with van der Waals surface area (Å²) in [6.07, 6.45) is -2.56. The molecule has 122 valence electrons. The molecule has 0 aliphatic rings. The average Bonchev–Trinajstić information content (AvgIpc) is 2.93. The van der Waals surface area contributed by atoms with Gasteiger partial charge in [-0.25, -0.2) is 0 Å². The topological polar surface area (TPSA) is 39.1 Å². The molecule has 3 rings (SSSR count). The van der Waals surface area contributed by atoms with E-state index in [2.05, 4.69) is 0 Å². The molecule has 0 unspecified atom stereocenters. The second-order valence-corrected chi connectivity index (χ2v) is 5.36. The van der Waals surface area contributed by atoms with Crippen molar-refractivity contribution in [2.75, 3.05) is 0 Å². The first-order valence-corrected chi connectivity index (χ1v) is 7.13. The molecule has 3 nitrogen and oxygen atoms in total. The first kappa shape index (κ1) is 16.0. The van der Waals surface area contributed by atoms with E-state index in [0.29, 0.717) is 17.5 Å². The van der Waals surface area contributed by atoms with Gasteiger partial charge in [0.1, 0.15) is 0 Å². The van der Waals surface area contributed by atoms with Crippen molar-refractivity contribution in [1.29, 1.82) is 0 Å². The Bertz CT molecular complexity index is 908. The third-order valence-corrected chi connectivity index (χ3v) is 3.80. The van der Waals surface area contributed by atoms with Gasteiger partial charge in [-0.05, 0) is 23.8 Å². The zero-order chi connectivity index (χ0) is 17.3. The summed E-state index contributed by atoms with van der Waals surface area (Å²) in [6, 6.07) is 11.9. The molecule has 0 saturated carbocycles. The summed E-state index contributed by atoms with van der Waals surface area (Å²) in [5.74, 6) is -0.627. The molecule has 0 bridgehead atoms. The summed E-state index contributed by atoms with van der Waals surface area (Å²) in [5, 5.41) is 0.640. The van der Waals surface area contributed by atoms with Crippen LogP contribution in [0, 0.1) is 0 Å². The molecule has 0 N–H and O–H groups in total. The first-order valence-electron chi connectivity index (χ1n) is 7.13. The van der Waals surface area contributed by atoms with Crippen molar-refractivity contribution < 1.29 is 22.8 Å². The quantitative estimate of drug-likeness (QED) is 0.410. The Kier molecular flexibility index (Phi) is 3.97. The number of halogens is 3. The van der Waals surface area contributed by atoms with Gasteiger partial charge in [0.15, 0.2) is 6.29 Å². The third kappa shape index (κ3) is 2.95. The molecule has 3 aromatic rings. The number of hydrogen-bond acceptors (Lipinski definition) is 2. The van der Waals surface area contributed by atoms with Gasteiger partial charge >= 0.3 is 6.18 Å². The number of benzene rings is 2. The van der Waals surface area contributed by atoms with Crippen molar-refractivity contribution in [2.45, 2.75) is 12.7 Å². The van der Waals surface area contributed by atoms with Crippen molar-refractivity contribution in [3.63, 3.8) is 0 Å². The van der Waals surface area contributed by atoms with Gasteiger partial charge in [-0.3, -0.25) is 9.59 Å². The highest BCUT2D eigenvalue weighted by molar-refractivity contribution is 6.36. The lowest BCUT2D eigenvalue weighted by molar-refractivity contribution is -0.137. The van der Waals surface area contributed by atoms with Gasteiger partial charge in [0, 0.05) is 23.6 Å². The molecule has 0 amide bonds. The van der Waals surface area contributed by atoms with Crippen LogP contribution in [0.5, 0.6) is 0 Å². The monoisotopic (exact) mass is 331 g/mol. The second-order valence-electron chi connectivity index (χ2n) is 5.36. The number of alkyl halides is 3. The summed E-state index contributed by atoms with van der Waals surface area (Å²) in [7, 11) is 0. The Morgan fingerprint density at radius 2 is 1.71 bits per heavy atom. The van der Waals surface area contributed by atoms with Gasteiger partial charge < -0.3 is 4.57 Å². The number of aldehydes is 1. The maximum atomic E-state index is 12.6. The number of hydrogen-bond donors (Lipinski definition) is 0. The summed E-state index contributed by atoms with van der Waals surface area (Å²) < 4.78 is 39.6. The molecule has 0 radical (unpaired) electrons. The Morgan fingerprint density at radius 1 is 1.04 bits per heavy atom. The lowest BCUT2D eigenvalue weighted by Gasteiger charge is -2.09. The maximum Gasteiger partial charge on any atom is 0.416 e. The molecule has 0 spiro atoms. The lowest BCUT2D eigenvalue weighted by Crippen LogP contribution is -2.05. The first-order chi connectivity index (χ1) is 11.4. The van der Waals surface area contributed by atoms with Crippen LogP contribution in [0.25, 0.3) is 10.9 Å². The van der Waals surface area contributed by atoms with E-state index in [9.17, 15) is 22.8 Å². The Balaban J connectivity index is 1.98. The van der Waals surface area contributed by atoms with E-state index in [4.69, 9.17) is 0 Å². The molecule has 6 heteroatoms. The number of aromatic nitrogens is 1. The summed E-state index contributed by atoms with van der Waals surface area (Å²) >= 11 is 0. The molecule has 0 fully saturated rings. The Labute approximate surface area is 135 Å². The van der Waals surface area contributed by atoms with Crippen LogP contribution >= 0.6 is 0 Å². The van der Waals surface area contributed by atoms with E-state index in [1.165, 1.54) is 12.1 Å². The number of ketones is 1. The predicted octanol–water partition coefficient (Wildman–Crippen LogP) is 4.09. The van der Waals surface area contributed by atoms with Crippen molar-refractivity contribution in [3.05, 3.63) is 71.4 Å². The molecule has 0 saturated heterocycles. The lowest BCUT2D eigenvalue weighted by atomic mass is 10.1. The van der Waals surface area contributed by atoms with E-state index in [-0.39, 0.29) is 11.8 Å². The van der Waals surface area contributed by atoms with Crippen LogP contribution in [-0.2, 0) is 17.5 Å². The second kappa shape index (κ2) is 5.96. The SMILES string of the molecule is O=CC(=O)c1cn(Cc2ccc(C(F)(F)F)cc2)c2ccccc12. The predicted molar refractivity (Wildman–Crippen MR) is 82.9 cm³/mol. The molecule has 0 atom stereocenters. The molecule has 2 aromatic carbocycles. The molecular weight excluding hydrogens is 319 g/mol. The fourth-order valence-corrected chi connectivity index (χ4v) is 2.63. The summed E-state index contributed by atoms with van der Waals surface area (Å²) in [5.41, 5.74) is 0.976. The van der Waals surface area contributed by atoms with Crippen LogP contribution in [0.2, 0.25) is 0 Å². The van der Waals surface area contributed by atoms with E-state index in [1.807, 2.05) is 0 Å². The van der Waals surface area contributed by atoms with Gasteiger partial charge in [0.05, 0.1) is 11.1 Å². The van der Waals surface area contributed by atoms with E-state index >= 15 is 0 Å². The zero-order valence-corrected chi connectivity index (χ0v) is 12.4. The molecule has 0 aliphatic carbocycles. The number of fused-ring (bicyclic) bond motifs is 1. The number of rotatable bonds is 4. The van der Waals surface area contributed by atoms with Gasteiger partial charge in [0.2, 0.25) is 5.78 Å². The highest BCUT2D eigenvalue weighted by Crippen LogP contribution is 2.29. The zero-order valence-electron chi connectivity index (χ0n) is 12.4. The standard InChI is InChI=1S/C18H12F3NO2/c19-18(20,21)13-7-5-12(6-8-13)9-22-10-15(17(24)11-23)14-3-1-2-4-16(14)22/h1-8,10-11H,9H2. The fraction of sp³-hybridized carbons (Fsp3) is 0.111. The number of carbonyl (C=O) groups excluding carboxylic acids is 2. The van der Waals surface area contributed by atoms with Crippen LogP contribution in [0.4, 0.5) is 13.2 Å². The number of carbonyl (C=O) groups is 2. The number of Topliss-reactive ketones (excluding diaryl/α,β-unsaturated/α-hetero) is 1. The Hall–Kier alpha value is -2.89. The Morgan fingerprint density at radius 3 is 2.33 bits per heavy atom. The maximum absolute atomic E-state index is 12.6. The minimum Gasteiger partial charge on any atom is -0.342 e. The average molecular weight is 331 g/mol. The highest BCUT2D eigenvalue weighted by atomic mass is 19.4. The van der Waals surface area contributed by atoms with Gasteiger partial charge in [-0.1, -0.05) is 30.3 Å². The van der Waals surface area contributed by atoms with Crippen molar-refractivity contribution >= 4 is 23.0 Å². The number of nitrogens with zero attached hydrogens (tertiary/aromatic N) is 1. The largest absolute Gasteiger partial charge is 0.416 e. The highest BCUT2D eigenvalue weighted by Gasteiger charge is 2.29. The minimum atomic E-state index is -4.37. The van der Waals surface area contributed by atoms with E-state index in [1.54, 1.807) is 35.0 Å². The van der Waals surface area contributed by atoms with Gasteiger partial charge in [0.25, 0.3) is 0 Å². The minimum absolute atomic E-state index is 0.254. The van der Waals surface area contributed by atoms with Gasteiger partial charge in [-0.15, -0.1) is 0 Å². The van der Waals surface area contributed by atoms with Crippen LogP contribution in [0.1, 0.15) is 21.5 Å². The van der Waals surface area contributed by atoms with E-state index < -0.39 is 17.5 Å². The normalized spacial score (nSPS) is 11.6. The van der Waals surface area contributed by atoms with Gasteiger partial charge in [-0.2, -0.15) is 13.2 Å². The van der Waals surface area contributed by atoms with Crippen molar-refractivity contribution in [1.82, 2.24) is 4.57 Å². The fourth-order valence-electron chi connectivity index (χ4n) is 2.63. The molecule has 1 heterocycles. The summed E-state index contributed by atoms with van der Waals surface area (Å²) in [6.45, 7) is 0.296. The third-order valence-electron chi connectivity index (χ3n) is 3.80. The molecule has 0 aliphatic heterocycles. The van der Waals surface area contributed by atoms with Crippen molar-refractivity contribution in [2.24, 2.45) is 0 Å². The van der Waals surface area contributed by atoms with Crippen LogP contribution in [0.15, 0.2) is 54.7 Å². The van der Waals surface area contributed by atoms with Crippen LogP contribution < -0.4 is 0 Å². The van der Waals surface area contributed by atoms with Crippen LogP contribution in [-0.4, -0.2) is 16.6 Å². The smallest absolute Gasteiger partial charge is 0.342 e.